The van der Waals surface area contributed by atoms with Crippen LogP contribution in [0.25, 0.3) is 0 Å². The Kier molecular flexibility index (Phi) is 4.24. The van der Waals surface area contributed by atoms with E-state index in [0.717, 1.165) is 43.2 Å². The minimum Gasteiger partial charge on any atom is -0.385 e. The molecular formula is C18H27FO. The molecule has 1 saturated carbocycles. The Bertz CT molecular complexity index is 455. The minimum atomic E-state index is -0.854. The van der Waals surface area contributed by atoms with Crippen LogP contribution in [0, 0.1) is 24.1 Å². The van der Waals surface area contributed by atoms with Gasteiger partial charge in [0.15, 0.2) is 0 Å². The first-order chi connectivity index (χ1) is 9.21. The third kappa shape index (κ3) is 3.41. The van der Waals surface area contributed by atoms with Gasteiger partial charge >= 0.3 is 0 Å². The molecule has 2 unspecified atom stereocenters. The van der Waals surface area contributed by atoms with Gasteiger partial charge in [0.2, 0.25) is 0 Å². The standard InChI is InChI=1S/C18H27FO/c1-13-10-15(12-16(19)11-13)18(20)8-5-6-14(7-9-18)17(2,3)4/h10-12,14,20H,5-9H2,1-4H3. The Hall–Kier alpha value is -0.890. The van der Waals surface area contributed by atoms with E-state index in [-0.39, 0.29) is 11.2 Å². The van der Waals surface area contributed by atoms with Crippen molar-refractivity contribution in [2.24, 2.45) is 11.3 Å². The molecule has 0 heterocycles. The Morgan fingerprint density at radius 2 is 1.85 bits per heavy atom. The van der Waals surface area contributed by atoms with Crippen LogP contribution in [0.15, 0.2) is 18.2 Å². The normalized spacial score (nSPS) is 28.2. The lowest BCUT2D eigenvalue weighted by atomic mass is 9.76. The van der Waals surface area contributed by atoms with Gasteiger partial charge < -0.3 is 5.11 Å². The first-order valence-electron chi connectivity index (χ1n) is 7.71. The topological polar surface area (TPSA) is 20.2 Å². The van der Waals surface area contributed by atoms with Crippen molar-refractivity contribution in [2.45, 2.75) is 65.4 Å². The molecule has 1 nitrogen and oxygen atoms in total. The highest BCUT2D eigenvalue weighted by Gasteiger charge is 2.36. The fraction of sp³-hybridized carbons (Fsp3) is 0.667. The third-order valence-electron chi connectivity index (χ3n) is 4.85. The lowest BCUT2D eigenvalue weighted by molar-refractivity contribution is 0.0176. The fourth-order valence-electron chi connectivity index (χ4n) is 3.48. The highest BCUT2D eigenvalue weighted by Crippen LogP contribution is 2.43. The molecule has 1 aliphatic carbocycles. The van der Waals surface area contributed by atoms with Gasteiger partial charge in [0.05, 0.1) is 5.60 Å². The van der Waals surface area contributed by atoms with Crippen LogP contribution in [-0.2, 0) is 5.60 Å². The summed E-state index contributed by atoms with van der Waals surface area (Å²) in [6, 6.07) is 4.95. The fourth-order valence-corrected chi connectivity index (χ4v) is 3.48. The van der Waals surface area contributed by atoms with Crippen molar-refractivity contribution in [1.82, 2.24) is 0 Å². The number of hydrogen-bond donors (Lipinski definition) is 1. The second kappa shape index (κ2) is 5.48. The van der Waals surface area contributed by atoms with Gasteiger partial charge in [0.25, 0.3) is 0 Å². The minimum absolute atomic E-state index is 0.245. The van der Waals surface area contributed by atoms with E-state index >= 15 is 0 Å². The lowest BCUT2D eigenvalue weighted by Gasteiger charge is -2.31. The monoisotopic (exact) mass is 278 g/mol. The molecule has 2 heteroatoms. The summed E-state index contributed by atoms with van der Waals surface area (Å²) >= 11 is 0. The smallest absolute Gasteiger partial charge is 0.123 e. The second-order valence-electron chi connectivity index (χ2n) is 7.54. The molecular weight excluding hydrogens is 251 g/mol. The molecule has 20 heavy (non-hydrogen) atoms. The van der Waals surface area contributed by atoms with Gasteiger partial charge in [-0.25, -0.2) is 4.39 Å². The summed E-state index contributed by atoms with van der Waals surface area (Å²) in [5, 5.41) is 11.0. The zero-order chi connectivity index (χ0) is 15.0. The molecule has 0 bridgehead atoms. The van der Waals surface area contributed by atoms with Gasteiger partial charge in [0, 0.05) is 0 Å². The summed E-state index contributed by atoms with van der Waals surface area (Å²) in [7, 11) is 0. The predicted molar refractivity (Wildman–Crippen MR) is 81.1 cm³/mol. The van der Waals surface area contributed by atoms with Crippen LogP contribution < -0.4 is 0 Å². The van der Waals surface area contributed by atoms with Crippen LogP contribution in [0.1, 0.15) is 64.0 Å². The molecule has 1 aliphatic rings. The lowest BCUT2D eigenvalue weighted by Crippen LogP contribution is -2.26. The largest absolute Gasteiger partial charge is 0.385 e. The van der Waals surface area contributed by atoms with Crippen molar-refractivity contribution in [1.29, 1.82) is 0 Å². The molecule has 0 amide bonds. The van der Waals surface area contributed by atoms with Crippen molar-refractivity contribution in [3.05, 3.63) is 35.1 Å². The first kappa shape index (κ1) is 15.5. The van der Waals surface area contributed by atoms with E-state index in [9.17, 15) is 9.50 Å². The van der Waals surface area contributed by atoms with E-state index in [1.54, 1.807) is 0 Å². The third-order valence-corrected chi connectivity index (χ3v) is 4.85. The number of benzene rings is 1. The molecule has 0 spiro atoms. The van der Waals surface area contributed by atoms with Crippen LogP contribution in [0.3, 0.4) is 0 Å². The van der Waals surface area contributed by atoms with Gasteiger partial charge in [-0.05, 0) is 73.6 Å². The quantitative estimate of drug-likeness (QED) is 0.721. The maximum absolute atomic E-state index is 13.6. The van der Waals surface area contributed by atoms with Crippen molar-refractivity contribution < 1.29 is 9.50 Å². The zero-order valence-electron chi connectivity index (χ0n) is 13.2. The van der Waals surface area contributed by atoms with Crippen molar-refractivity contribution in [3.8, 4) is 0 Å². The summed E-state index contributed by atoms with van der Waals surface area (Å²) in [6.45, 7) is 8.70. The van der Waals surface area contributed by atoms with Crippen molar-refractivity contribution in [2.75, 3.05) is 0 Å². The first-order valence-corrected chi connectivity index (χ1v) is 7.71. The van der Waals surface area contributed by atoms with E-state index in [4.69, 9.17) is 0 Å². The van der Waals surface area contributed by atoms with Crippen LogP contribution in [0.5, 0.6) is 0 Å². The number of hydrogen-bond acceptors (Lipinski definition) is 1. The Balaban J connectivity index is 2.23. The average Bonchev–Trinajstić information content (AvgIpc) is 2.50. The van der Waals surface area contributed by atoms with Crippen molar-refractivity contribution >= 4 is 0 Å². The maximum Gasteiger partial charge on any atom is 0.123 e. The van der Waals surface area contributed by atoms with Gasteiger partial charge in [-0.15, -0.1) is 0 Å². The number of halogens is 1. The van der Waals surface area contributed by atoms with Crippen LogP contribution in [0.2, 0.25) is 0 Å². The van der Waals surface area contributed by atoms with Crippen LogP contribution in [0.4, 0.5) is 4.39 Å². The molecule has 1 aromatic carbocycles. The summed E-state index contributed by atoms with van der Waals surface area (Å²) in [5.74, 6) is 0.385. The Labute approximate surface area is 122 Å². The Morgan fingerprint density at radius 1 is 1.15 bits per heavy atom. The van der Waals surface area contributed by atoms with Crippen molar-refractivity contribution in [3.63, 3.8) is 0 Å². The summed E-state index contributed by atoms with van der Waals surface area (Å²) in [6.07, 6.45) is 4.64. The predicted octanol–water partition coefficient (Wildman–Crippen LogP) is 4.95. The van der Waals surface area contributed by atoms with E-state index in [1.807, 2.05) is 13.0 Å². The molecule has 1 fully saturated rings. The van der Waals surface area contributed by atoms with Crippen LogP contribution >= 0.6 is 0 Å². The highest BCUT2D eigenvalue weighted by molar-refractivity contribution is 5.28. The molecule has 1 N–H and O–H groups in total. The van der Waals surface area contributed by atoms with Gasteiger partial charge in [0.1, 0.15) is 5.82 Å². The van der Waals surface area contributed by atoms with Gasteiger partial charge in [-0.1, -0.05) is 26.8 Å². The Morgan fingerprint density at radius 3 is 2.45 bits per heavy atom. The molecule has 2 rings (SSSR count). The van der Waals surface area contributed by atoms with E-state index in [0.29, 0.717) is 5.92 Å². The number of aliphatic hydroxyl groups is 1. The van der Waals surface area contributed by atoms with E-state index in [2.05, 4.69) is 20.8 Å². The SMILES string of the molecule is Cc1cc(F)cc(C2(O)CCCC(C(C)(C)C)CC2)c1. The van der Waals surface area contributed by atoms with E-state index < -0.39 is 5.60 Å². The van der Waals surface area contributed by atoms with Gasteiger partial charge in [-0.3, -0.25) is 0 Å². The van der Waals surface area contributed by atoms with Gasteiger partial charge in [-0.2, -0.15) is 0 Å². The second-order valence-corrected chi connectivity index (χ2v) is 7.54. The highest BCUT2D eigenvalue weighted by atomic mass is 19.1. The molecule has 0 aliphatic heterocycles. The zero-order valence-corrected chi connectivity index (χ0v) is 13.2. The summed E-state index contributed by atoms with van der Waals surface area (Å²) < 4.78 is 13.6. The molecule has 112 valence electrons. The maximum atomic E-state index is 13.6. The average molecular weight is 278 g/mol. The van der Waals surface area contributed by atoms with E-state index in [1.165, 1.54) is 12.1 Å². The molecule has 0 radical (unpaired) electrons. The molecule has 2 atom stereocenters. The number of rotatable bonds is 1. The molecule has 1 aromatic rings. The summed E-state index contributed by atoms with van der Waals surface area (Å²) in [4.78, 5) is 0. The molecule has 0 saturated heterocycles. The van der Waals surface area contributed by atoms with Crippen LogP contribution in [-0.4, -0.2) is 5.11 Å². The number of aryl methyl sites for hydroxylation is 1. The molecule has 0 aromatic heterocycles. The summed E-state index contributed by atoms with van der Waals surface area (Å²) in [5.41, 5.74) is 1.06.